The molecule has 0 radical (unpaired) electrons. The van der Waals surface area contributed by atoms with Crippen molar-refractivity contribution in [3.8, 4) is 11.6 Å². The average Bonchev–Trinajstić information content (AvgIpc) is 3.71. The third-order valence-electron chi connectivity index (χ3n) is 12.9. The molecule has 6 atom stereocenters. The molecular formula is C36H36F3N5O6. The summed E-state index contributed by atoms with van der Waals surface area (Å²) in [6.45, 7) is 1.40. The molecule has 1 saturated heterocycles. The maximum atomic E-state index is 14.7. The van der Waals surface area contributed by atoms with E-state index in [0.29, 0.717) is 80.2 Å². The summed E-state index contributed by atoms with van der Waals surface area (Å²) >= 11 is 0. The van der Waals surface area contributed by atoms with Crippen LogP contribution in [0, 0.1) is 29.1 Å². The monoisotopic (exact) mass is 691 g/mol. The Morgan fingerprint density at radius 2 is 1.86 bits per heavy atom. The SMILES string of the molecule is COc1cccc(COc2ccc3c(n2)C2(CCOCC2)CN3c2ncc(C(=O)NC3(C(=O)O)C4CC5CC6CC3C56C4)c(C(F)(F)F)n2)c1. The van der Waals surface area contributed by atoms with Crippen molar-refractivity contribution in [3.05, 3.63) is 65.1 Å². The number of aromatic nitrogens is 3. The van der Waals surface area contributed by atoms with E-state index >= 15 is 0 Å². The highest BCUT2D eigenvalue weighted by Gasteiger charge is 2.83. The quantitative estimate of drug-likeness (QED) is 0.321. The lowest BCUT2D eigenvalue weighted by molar-refractivity contribution is -0.209. The number of alkyl halides is 3. The van der Waals surface area contributed by atoms with Crippen LogP contribution in [0.1, 0.15) is 65.8 Å². The Morgan fingerprint density at radius 3 is 2.58 bits per heavy atom. The fraction of sp³-hybridized carbons (Fsp3) is 0.528. The van der Waals surface area contributed by atoms with Gasteiger partial charge in [-0.15, -0.1) is 0 Å². The molecule has 5 fully saturated rings. The summed E-state index contributed by atoms with van der Waals surface area (Å²) in [6, 6.07) is 10.9. The normalized spacial score (nSPS) is 31.0. The van der Waals surface area contributed by atoms with Gasteiger partial charge in [0.15, 0.2) is 5.69 Å². The van der Waals surface area contributed by atoms with Crippen LogP contribution in [0.25, 0.3) is 0 Å². The largest absolute Gasteiger partial charge is 0.497 e. The van der Waals surface area contributed by atoms with E-state index in [1.54, 1.807) is 24.1 Å². The molecule has 11 nitrogen and oxygen atoms in total. The number of carbonyl (C=O) groups is 2. The van der Waals surface area contributed by atoms with Gasteiger partial charge in [0.05, 0.1) is 24.1 Å². The van der Waals surface area contributed by atoms with Crippen LogP contribution >= 0.6 is 0 Å². The molecule has 2 aliphatic heterocycles. The predicted octanol–water partition coefficient (Wildman–Crippen LogP) is 5.30. The van der Waals surface area contributed by atoms with E-state index in [2.05, 4.69) is 15.3 Å². The standard InChI is InChI=1S/C36H36F3N5O6/c1-48-23-4-2-3-19(11-23)17-50-27-6-5-25-29(41-27)33(7-9-49-10-8-33)18-44(25)32-40-16-24(28(42-32)36(37,38)39)30(45)43-35(31(46)47)22-13-20-12-21-14-26(35)34(20,21)15-22/h2-6,11,16,20-22,26H,7-10,12-15,17-18H2,1H3,(H,43,45)(H,46,47). The highest BCUT2D eigenvalue weighted by molar-refractivity contribution is 5.99. The lowest BCUT2D eigenvalue weighted by atomic mass is 9.36. The summed E-state index contributed by atoms with van der Waals surface area (Å²) < 4.78 is 61.1. The molecule has 3 aromatic rings. The van der Waals surface area contributed by atoms with Crippen LogP contribution in [-0.2, 0) is 27.7 Å². The highest BCUT2D eigenvalue weighted by atomic mass is 19.4. The van der Waals surface area contributed by atoms with Gasteiger partial charge >= 0.3 is 12.1 Å². The molecule has 1 amide bonds. The van der Waals surface area contributed by atoms with Crippen molar-refractivity contribution >= 4 is 23.5 Å². The van der Waals surface area contributed by atoms with Crippen LogP contribution < -0.4 is 19.7 Å². The van der Waals surface area contributed by atoms with Crippen molar-refractivity contribution < 1.29 is 42.1 Å². The molecule has 4 saturated carbocycles. The number of halogens is 3. The Balaban J connectivity index is 1.03. The van der Waals surface area contributed by atoms with Crippen LogP contribution in [0.15, 0.2) is 42.6 Å². The number of amides is 1. The first-order valence-electron chi connectivity index (χ1n) is 17.1. The minimum atomic E-state index is -5.01. The number of carbonyl (C=O) groups excluding carboxylic acids is 1. The van der Waals surface area contributed by atoms with E-state index in [1.165, 1.54) is 0 Å². The predicted molar refractivity (Wildman–Crippen MR) is 170 cm³/mol. The first-order chi connectivity index (χ1) is 24.0. The molecule has 6 aliphatic rings. The van der Waals surface area contributed by atoms with E-state index in [9.17, 15) is 27.9 Å². The number of nitrogens with one attached hydrogen (secondary N) is 1. The fourth-order valence-corrected chi connectivity index (χ4v) is 10.6. The zero-order chi connectivity index (χ0) is 34.6. The molecule has 2 bridgehead atoms. The smallest absolute Gasteiger partial charge is 0.434 e. The number of carboxylic acid groups (broad SMARTS) is 1. The van der Waals surface area contributed by atoms with E-state index in [4.69, 9.17) is 19.2 Å². The second-order valence-electron chi connectivity index (χ2n) is 14.9. The number of hydrogen-bond acceptors (Lipinski definition) is 9. The number of anilines is 2. The molecule has 14 heteroatoms. The van der Waals surface area contributed by atoms with Gasteiger partial charge in [-0.3, -0.25) is 4.79 Å². The van der Waals surface area contributed by atoms with Crippen molar-refractivity contribution in [1.29, 1.82) is 0 Å². The fourth-order valence-electron chi connectivity index (χ4n) is 10.6. The van der Waals surface area contributed by atoms with Gasteiger partial charge in [-0.2, -0.15) is 13.2 Å². The molecule has 2 spiro atoms. The van der Waals surface area contributed by atoms with E-state index in [1.807, 2.05) is 24.3 Å². The molecule has 4 heterocycles. The van der Waals surface area contributed by atoms with Gasteiger partial charge in [-0.25, -0.2) is 19.7 Å². The first kappa shape index (κ1) is 31.5. The van der Waals surface area contributed by atoms with Crippen LogP contribution in [0.4, 0.5) is 24.8 Å². The topological polar surface area (TPSA) is 136 Å². The lowest BCUT2D eigenvalue weighted by Crippen LogP contribution is -2.73. The number of aliphatic carboxylic acids is 1. The second kappa shape index (κ2) is 10.8. The maximum Gasteiger partial charge on any atom is 0.434 e. The zero-order valence-corrected chi connectivity index (χ0v) is 27.3. The van der Waals surface area contributed by atoms with E-state index in [0.717, 1.165) is 18.2 Å². The molecule has 262 valence electrons. The third-order valence-corrected chi connectivity index (χ3v) is 12.9. The molecule has 50 heavy (non-hydrogen) atoms. The summed E-state index contributed by atoms with van der Waals surface area (Å²) in [5.41, 5.74) is -2.34. The Hall–Kier alpha value is -4.46. The number of pyridine rings is 1. The third kappa shape index (κ3) is 4.29. The number of fused-ring (bicyclic) bond motifs is 3. The highest BCUT2D eigenvalue weighted by Crippen LogP contribution is 2.83. The second-order valence-corrected chi connectivity index (χ2v) is 14.9. The molecule has 2 N–H and O–H groups in total. The van der Waals surface area contributed by atoms with Gasteiger partial charge in [-0.05, 0) is 91.4 Å². The number of benzene rings is 1. The number of ether oxygens (including phenoxy) is 3. The van der Waals surface area contributed by atoms with Gasteiger partial charge in [0.1, 0.15) is 17.9 Å². The summed E-state index contributed by atoms with van der Waals surface area (Å²) in [4.78, 5) is 41.3. The van der Waals surface area contributed by atoms with E-state index < -0.39 is 40.3 Å². The Morgan fingerprint density at radius 1 is 1.08 bits per heavy atom. The van der Waals surface area contributed by atoms with Crippen molar-refractivity contribution in [2.45, 2.75) is 62.3 Å². The average molecular weight is 692 g/mol. The van der Waals surface area contributed by atoms with E-state index in [-0.39, 0.29) is 36.4 Å². The van der Waals surface area contributed by atoms with Gasteiger partial charge in [0.25, 0.3) is 5.91 Å². The van der Waals surface area contributed by atoms with Crippen LogP contribution in [0.2, 0.25) is 0 Å². The summed E-state index contributed by atoms with van der Waals surface area (Å²) in [6.07, 6.45) is 0.148. The molecule has 9 rings (SSSR count). The number of carboxylic acids is 1. The van der Waals surface area contributed by atoms with Gasteiger partial charge < -0.3 is 29.5 Å². The molecule has 4 aliphatic carbocycles. The minimum Gasteiger partial charge on any atom is -0.497 e. The molecule has 6 unspecified atom stereocenters. The van der Waals surface area contributed by atoms with Gasteiger partial charge in [0.2, 0.25) is 11.8 Å². The maximum absolute atomic E-state index is 14.7. The Kier molecular flexibility index (Phi) is 6.79. The number of rotatable bonds is 8. The summed E-state index contributed by atoms with van der Waals surface area (Å²) in [5, 5.41) is 13.1. The first-order valence-corrected chi connectivity index (χ1v) is 17.1. The number of nitrogens with zero attached hydrogens (tertiary/aromatic N) is 4. The van der Waals surface area contributed by atoms with Crippen molar-refractivity contribution in [1.82, 2.24) is 20.3 Å². The summed E-state index contributed by atoms with van der Waals surface area (Å²) in [7, 11) is 1.59. The van der Waals surface area contributed by atoms with Gasteiger partial charge in [0, 0.05) is 37.4 Å². The molecule has 1 aromatic carbocycles. The Bertz CT molecular complexity index is 1920. The van der Waals surface area contributed by atoms with Crippen LogP contribution in [-0.4, -0.2) is 64.3 Å². The summed E-state index contributed by atoms with van der Waals surface area (Å²) in [5.74, 6) is -1.15. The zero-order valence-electron chi connectivity index (χ0n) is 27.3. The lowest BCUT2D eigenvalue weighted by Gasteiger charge is -2.69. The molecule has 2 aromatic heterocycles. The van der Waals surface area contributed by atoms with Crippen LogP contribution in [0.3, 0.4) is 0 Å². The van der Waals surface area contributed by atoms with Crippen molar-refractivity contribution in [2.75, 3.05) is 31.8 Å². The minimum absolute atomic E-state index is 0.0964. The van der Waals surface area contributed by atoms with Crippen molar-refractivity contribution in [3.63, 3.8) is 0 Å². The number of hydrogen-bond donors (Lipinski definition) is 2. The number of methoxy groups -OCH3 is 1. The molecular weight excluding hydrogens is 655 g/mol. The van der Waals surface area contributed by atoms with Gasteiger partial charge in [-0.1, -0.05) is 12.1 Å². The Labute approximate surface area is 285 Å². The van der Waals surface area contributed by atoms with Crippen LogP contribution in [0.5, 0.6) is 11.6 Å². The van der Waals surface area contributed by atoms with Crippen molar-refractivity contribution in [2.24, 2.45) is 29.1 Å².